The number of hydrogen-bond acceptors (Lipinski definition) is 4. The molecular formula is C23H26ClN3O4S. The number of ether oxygens (including phenoxy) is 1. The molecule has 0 aliphatic carbocycles. The number of carbonyl (C=O) groups excluding carboxylic acids is 1. The number of fused-ring (bicyclic) bond motifs is 1. The first-order chi connectivity index (χ1) is 15.4. The Labute approximate surface area is 192 Å². The van der Waals surface area contributed by atoms with Crippen LogP contribution >= 0.6 is 11.6 Å². The van der Waals surface area contributed by atoms with E-state index in [9.17, 15) is 13.2 Å². The molecule has 2 heterocycles. The normalized spacial score (nSPS) is 16.1. The third-order valence-electron chi connectivity index (χ3n) is 5.83. The molecular weight excluding hydrogens is 450 g/mol. The summed E-state index contributed by atoms with van der Waals surface area (Å²) in [6.07, 6.45) is 3.67. The molecule has 1 aliphatic rings. The summed E-state index contributed by atoms with van der Waals surface area (Å²) in [4.78, 5) is 15.5. The molecule has 0 bridgehead atoms. The van der Waals surface area contributed by atoms with Crippen molar-refractivity contribution in [2.75, 3.05) is 26.3 Å². The maximum Gasteiger partial charge on any atom is 0.245 e. The fourth-order valence-corrected chi connectivity index (χ4v) is 5.21. The second-order valence-electron chi connectivity index (χ2n) is 7.89. The molecule has 7 nitrogen and oxygen atoms in total. The van der Waals surface area contributed by atoms with Gasteiger partial charge in [0.15, 0.2) is 0 Å². The molecule has 2 aromatic carbocycles. The largest absolute Gasteiger partial charge is 0.380 e. The molecule has 1 saturated heterocycles. The molecule has 0 saturated carbocycles. The van der Waals surface area contributed by atoms with Crippen molar-refractivity contribution in [3.63, 3.8) is 0 Å². The lowest BCUT2D eigenvalue weighted by molar-refractivity contribution is -0.135. The van der Waals surface area contributed by atoms with E-state index in [-0.39, 0.29) is 10.8 Å². The molecule has 170 valence electrons. The highest BCUT2D eigenvalue weighted by molar-refractivity contribution is 7.89. The van der Waals surface area contributed by atoms with Gasteiger partial charge in [0.05, 0.1) is 17.0 Å². The van der Waals surface area contributed by atoms with Crippen LogP contribution < -0.4 is 5.14 Å². The van der Waals surface area contributed by atoms with E-state index in [1.807, 2.05) is 39.8 Å². The first kappa shape index (κ1) is 22.8. The van der Waals surface area contributed by atoms with Gasteiger partial charge in [-0.1, -0.05) is 35.9 Å². The molecule has 0 spiro atoms. The molecule has 4 rings (SSSR count). The molecule has 1 amide bonds. The van der Waals surface area contributed by atoms with Crippen LogP contribution in [0, 0.1) is 0 Å². The molecule has 32 heavy (non-hydrogen) atoms. The number of hydrogen-bond donors (Lipinski definition) is 1. The van der Waals surface area contributed by atoms with Crippen molar-refractivity contribution in [3.05, 3.63) is 65.3 Å². The summed E-state index contributed by atoms with van der Waals surface area (Å²) in [5.41, 5.74) is 1.62. The number of amides is 1. The minimum absolute atomic E-state index is 0.0129. The van der Waals surface area contributed by atoms with E-state index < -0.39 is 16.1 Å². The number of aryl methyl sites for hydroxylation is 1. The van der Waals surface area contributed by atoms with E-state index in [2.05, 4.69) is 0 Å². The zero-order valence-electron chi connectivity index (χ0n) is 17.6. The van der Waals surface area contributed by atoms with Crippen LogP contribution in [0.3, 0.4) is 0 Å². The third kappa shape index (κ3) is 4.83. The number of primary sulfonamides is 1. The Morgan fingerprint density at radius 3 is 2.69 bits per heavy atom. The van der Waals surface area contributed by atoms with Crippen LogP contribution in [0.2, 0.25) is 5.02 Å². The summed E-state index contributed by atoms with van der Waals surface area (Å²) in [6.45, 7) is 2.30. The van der Waals surface area contributed by atoms with Gasteiger partial charge < -0.3 is 14.2 Å². The van der Waals surface area contributed by atoms with Gasteiger partial charge in [0, 0.05) is 36.3 Å². The van der Waals surface area contributed by atoms with Crippen molar-refractivity contribution >= 4 is 38.4 Å². The Bertz CT molecular complexity index is 1220. The molecule has 9 heteroatoms. The number of halogens is 1. The summed E-state index contributed by atoms with van der Waals surface area (Å²) < 4.78 is 31.5. The van der Waals surface area contributed by atoms with E-state index in [0.717, 1.165) is 12.0 Å². The highest BCUT2D eigenvalue weighted by Crippen LogP contribution is 2.30. The molecule has 1 atom stereocenters. The number of nitrogens with zero attached hydrogens (tertiary/aromatic N) is 2. The Morgan fingerprint density at radius 2 is 1.91 bits per heavy atom. The number of carbonyl (C=O) groups is 1. The average molecular weight is 476 g/mol. The Morgan fingerprint density at radius 1 is 1.09 bits per heavy atom. The maximum absolute atomic E-state index is 13.7. The predicted octanol–water partition coefficient (Wildman–Crippen LogP) is 3.36. The SMILES string of the molecule is NS(=O)(=O)c1cccc2c1ccn2C(CCc1ccccc1Cl)C(=O)N1CCCOCC1. The second kappa shape index (κ2) is 9.62. The summed E-state index contributed by atoms with van der Waals surface area (Å²) in [5, 5.41) is 6.58. The molecule has 1 aliphatic heterocycles. The molecule has 2 N–H and O–H groups in total. The zero-order valence-corrected chi connectivity index (χ0v) is 19.2. The Hall–Kier alpha value is -2.39. The van der Waals surface area contributed by atoms with Crippen molar-refractivity contribution in [3.8, 4) is 0 Å². The summed E-state index contributed by atoms with van der Waals surface area (Å²) in [6, 6.07) is 13.7. The van der Waals surface area contributed by atoms with Gasteiger partial charge in [-0.15, -0.1) is 0 Å². The molecule has 0 radical (unpaired) electrons. The molecule has 3 aromatic rings. The number of sulfonamides is 1. The zero-order chi connectivity index (χ0) is 22.7. The molecule has 1 fully saturated rings. The highest BCUT2D eigenvalue weighted by atomic mass is 35.5. The monoisotopic (exact) mass is 475 g/mol. The minimum atomic E-state index is -3.89. The van der Waals surface area contributed by atoms with Gasteiger partial charge in [0.2, 0.25) is 15.9 Å². The van der Waals surface area contributed by atoms with Gasteiger partial charge in [-0.05, 0) is 49.1 Å². The van der Waals surface area contributed by atoms with E-state index >= 15 is 0 Å². The van der Waals surface area contributed by atoms with Gasteiger partial charge in [0.25, 0.3) is 0 Å². The van der Waals surface area contributed by atoms with E-state index in [0.29, 0.717) is 55.1 Å². The lowest BCUT2D eigenvalue weighted by Gasteiger charge is -2.27. The predicted molar refractivity (Wildman–Crippen MR) is 124 cm³/mol. The van der Waals surface area contributed by atoms with E-state index in [1.165, 1.54) is 6.07 Å². The Balaban J connectivity index is 1.73. The van der Waals surface area contributed by atoms with Gasteiger partial charge in [0.1, 0.15) is 6.04 Å². The first-order valence-electron chi connectivity index (χ1n) is 10.6. The van der Waals surface area contributed by atoms with Crippen LogP contribution in [-0.2, 0) is 26.0 Å². The lowest BCUT2D eigenvalue weighted by atomic mass is 10.0. The van der Waals surface area contributed by atoms with E-state index in [1.54, 1.807) is 18.3 Å². The third-order valence-corrected chi connectivity index (χ3v) is 7.17. The quantitative estimate of drug-likeness (QED) is 0.591. The highest BCUT2D eigenvalue weighted by Gasteiger charge is 2.28. The van der Waals surface area contributed by atoms with Crippen molar-refractivity contribution in [2.45, 2.75) is 30.2 Å². The van der Waals surface area contributed by atoms with Crippen LogP contribution in [-0.4, -0.2) is 50.1 Å². The summed E-state index contributed by atoms with van der Waals surface area (Å²) in [7, 11) is -3.89. The van der Waals surface area contributed by atoms with Gasteiger partial charge in [-0.3, -0.25) is 4.79 Å². The smallest absolute Gasteiger partial charge is 0.245 e. The van der Waals surface area contributed by atoms with Gasteiger partial charge in [-0.25, -0.2) is 13.6 Å². The van der Waals surface area contributed by atoms with Crippen molar-refractivity contribution < 1.29 is 17.9 Å². The molecule has 1 unspecified atom stereocenters. The summed E-state index contributed by atoms with van der Waals surface area (Å²) >= 11 is 6.35. The van der Waals surface area contributed by atoms with Crippen molar-refractivity contribution in [1.29, 1.82) is 0 Å². The number of benzene rings is 2. The van der Waals surface area contributed by atoms with Crippen molar-refractivity contribution in [1.82, 2.24) is 9.47 Å². The maximum atomic E-state index is 13.7. The summed E-state index contributed by atoms with van der Waals surface area (Å²) in [5.74, 6) is -0.0129. The number of rotatable bonds is 6. The number of aromatic nitrogens is 1. The standard InChI is InChI=1S/C23H26ClN3O4S/c24-19-6-2-1-5-17(19)9-10-21(23(28)26-12-4-15-31-16-14-26)27-13-11-18-20(27)7-3-8-22(18)32(25,29)30/h1-3,5-8,11,13,21H,4,9-10,12,14-16H2,(H2,25,29,30). The second-order valence-corrected chi connectivity index (χ2v) is 9.83. The minimum Gasteiger partial charge on any atom is -0.380 e. The first-order valence-corrected chi connectivity index (χ1v) is 12.5. The topological polar surface area (TPSA) is 94.6 Å². The average Bonchev–Trinajstić information content (AvgIpc) is 3.00. The fraction of sp³-hybridized carbons (Fsp3) is 0.348. The van der Waals surface area contributed by atoms with Gasteiger partial charge in [-0.2, -0.15) is 0 Å². The lowest BCUT2D eigenvalue weighted by Crippen LogP contribution is -2.39. The number of nitrogens with two attached hydrogens (primary N) is 1. The fourth-order valence-electron chi connectivity index (χ4n) is 4.23. The van der Waals surface area contributed by atoms with Crippen molar-refractivity contribution in [2.24, 2.45) is 5.14 Å². The van der Waals surface area contributed by atoms with Crippen LogP contribution in [0.1, 0.15) is 24.4 Å². The van der Waals surface area contributed by atoms with Crippen LogP contribution in [0.25, 0.3) is 10.9 Å². The van der Waals surface area contributed by atoms with Gasteiger partial charge >= 0.3 is 0 Å². The van der Waals surface area contributed by atoms with E-state index in [4.69, 9.17) is 21.5 Å². The van der Waals surface area contributed by atoms with Crippen LogP contribution in [0.15, 0.2) is 59.6 Å². The van der Waals surface area contributed by atoms with Crippen LogP contribution in [0.4, 0.5) is 0 Å². The molecule has 1 aromatic heterocycles. The Kier molecular flexibility index (Phi) is 6.85. The van der Waals surface area contributed by atoms with Crippen LogP contribution in [0.5, 0.6) is 0 Å².